The van der Waals surface area contributed by atoms with Gasteiger partial charge in [-0.05, 0) is 6.42 Å². The number of hydrogen-bond donors (Lipinski definition) is 4. The minimum absolute atomic E-state index is 0.0398. The average molecular weight is 409 g/mol. The van der Waals surface area contributed by atoms with Crippen molar-refractivity contribution in [2.24, 2.45) is 0 Å². The molecule has 10 nitrogen and oxygen atoms in total. The number of anilines is 1. The molecule has 0 radical (unpaired) electrons. The number of ether oxygens (including phenoxy) is 2. The van der Waals surface area contributed by atoms with Gasteiger partial charge >= 0.3 is 0 Å². The number of aliphatic hydroxyl groups excluding tert-OH is 2. The second-order valence-corrected chi connectivity index (χ2v) is 7.47. The van der Waals surface area contributed by atoms with Crippen LogP contribution in [0.2, 0.25) is 0 Å². The van der Waals surface area contributed by atoms with Crippen LogP contribution < -0.4 is 11.3 Å². The fraction of sp³-hybridized carbons (Fsp3) is 0.737. The molecule has 1 fully saturated rings. The Morgan fingerprint density at radius 2 is 2.00 bits per heavy atom. The van der Waals surface area contributed by atoms with Crippen molar-refractivity contribution in [3.63, 3.8) is 0 Å². The molecule has 3 rings (SSSR count). The molecule has 3 heterocycles. The molecule has 0 aliphatic carbocycles. The molecule has 0 bridgehead atoms. The molecular weight excluding hydrogens is 378 g/mol. The molecule has 4 atom stereocenters. The molecule has 10 heteroatoms. The van der Waals surface area contributed by atoms with Gasteiger partial charge in [0.05, 0.1) is 12.9 Å². The number of H-pyrrole nitrogens is 1. The Hall–Kier alpha value is -2.01. The number of aliphatic hydroxyl groups is 2. The van der Waals surface area contributed by atoms with E-state index in [1.165, 1.54) is 36.6 Å². The summed E-state index contributed by atoms with van der Waals surface area (Å²) in [6.07, 6.45) is 6.19. The van der Waals surface area contributed by atoms with E-state index >= 15 is 0 Å². The molecule has 5 N–H and O–H groups in total. The third-order valence-electron chi connectivity index (χ3n) is 5.28. The van der Waals surface area contributed by atoms with E-state index in [-0.39, 0.29) is 23.7 Å². The SMILES string of the molecule is CCCCCCCCCO[C@@H]1[C@H](O)[C@@H](CO)O[C@H]1n1cnc2c(=O)[nH]c(N)nc21. The number of hydrogen-bond acceptors (Lipinski definition) is 8. The minimum Gasteiger partial charge on any atom is -0.394 e. The third-order valence-corrected chi connectivity index (χ3v) is 5.28. The molecule has 0 saturated carbocycles. The Morgan fingerprint density at radius 3 is 2.72 bits per heavy atom. The van der Waals surface area contributed by atoms with Crippen molar-refractivity contribution in [1.82, 2.24) is 19.5 Å². The van der Waals surface area contributed by atoms with Crippen LogP contribution in [0.5, 0.6) is 0 Å². The quantitative estimate of drug-likeness (QED) is 0.403. The van der Waals surface area contributed by atoms with Gasteiger partial charge in [0.25, 0.3) is 5.56 Å². The van der Waals surface area contributed by atoms with Gasteiger partial charge < -0.3 is 25.4 Å². The zero-order valence-corrected chi connectivity index (χ0v) is 16.8. The van der Waals surface area contributed by atoms with Crippen LogP contribution in [-0.4, -0.2) is 61.3 Å². The number of nitrogens with one attached hydrogen (secondary N) is 1. The predicted octanol–water partition coefficient (Wildman–Crippen LogP) is 1.09. The summed E-state index contributed by atoms with van der Waals surface area (Å²) in [5.41, 5.74) is 5.56. The lowest BCUT2D eigenvalue weighted by Crippen LogP contribution is -2.35. The summed E-state index contributed by atoms with van der Waals surface area (Å²) in [4.78, 5) is 22.6. The van der Waals surface area contributed by atoms with Crippen molar-refractivity contribution >= 4 is 17.1 Å². The first kappa shape index (κ1) is 21.7. The summed E-state index contributed by atoms with van der Waals surface area (Å²) < 4.78 is 13.3. The van der Waals surface area contributed by atoms with Gasteiger partial charge in [0.1, 0.15) is 18.3 Å². The van der Waals surface area contributed by atoms with Gasteiger partial charge in [-0.15, -0.1) is 0 Å². The normalized spacial score (nSPS) is 24.5. The lowest BCUT2D eigenvalue weighted by Gasteiger charge is -2.22. The van der Waals surface area contributed by atoms with E-state index in [4.69, 9.17) is 15.2 Å². The number of nitrogen functional groups attached to an aromatic ring is 1. The Bertz CT molecular complexity index is 838. The van der Waals surface area contributed by atoms with E-state index < -0.39 is 30.1 Å². The third kappa shape index (κ3) is 4.95. The largest absolute Gasteiger partial charge is 0.394 e. The van der Waals surface area contributed by atoms with Crippen molar-refractivity contribution in [3.05, 3.63) is 16.7 Å². The first-order valence-corrected chi connectivity index (χ1v) is 10.3. The number of aromatic amines is 1. The molecule has 2 aromatic heterocycles. The fourth-order valence-electron chi connectivity index (χ4n) is 3.68. The molecule has 0 aromatic carbocycles. The lowest BCUT2D eigenvalue weighted by molar-refractivity contribution is -0.0711. The van der Waals surface area contributed by atoms with Crippen molar-refractivity contribution < 1.29 is 19.7 Å². The number of rotatable bonds is 11. The number of fused-ring (bicyclic) bond motifs is 1. The lowest BCUT2D eigenvalue weighted by atomic mass is 10.1. The topological polar surface area (TPSA) is 149 Å². The second kappa shape index (κ2) is 10.1. The summed E-state index contributed by atoms with van der Waals surface area (Å²) in [5.74, 6) is -0.0398. The fourth-order valence-corrected chi connectivity index (χ4v) is 3.68. The van der Waals surface area contributed by atoms with E-state index in [9.17, 15) is 15.0 Å². The number of nitrogens with two attached hydrogens (primary N) is 1. The van der Waals surface area contributed by atoms with Crippen molar-refractivity contribution in [1.29, 1.82) is 0 Å². The first-order valence-electron chi connectivity index (χ1n) is 10.3. The Kier molecular flexibility index (Phi) is 7.59. The Labute approximate surface area is 169 Å². The van der Waals surface area contributed by atoms with E-state index in [0.717, 1.165) is 19.3 Å². The van der Waals surface area contributed by atoms with Gasteiger partial charge in [-0.2, -0.15) is 4.98 Å². The van der Waals surface area contributed by atoms with Crippen LogP contribution in [-0.2, 0) is 9.47 Å². The maximum atomic E-state index is 12.0. The zero-order valence-electron chi connectivity index (χ0n) is 16.8. The molecule has 1 saturated heterocycles. The molecule has 162 valence electrons. The van der Waals surface area contributed by atoms with Crippen LogP contribution in [0.1, 0.15) is 58.1 Å². The average Bonchev–Trinajstić information content (AvgIpc) is 3.25. The van der Waals surface area contributed by atoms with E-state index in [2.05, 4.69) is 21.9 Å². The first-order chi connectivity index (χ1) is 14.1. The molecule has 29 heavy (non-hydrogen) atoms. The molecule has 0 spiro atoms. The summed E-state index contributed by atoms with van der Waals surface area (Å²) in [7, 11) is 0. The highest BCUT2D eigenvalue weighted by Gasteiger charge is 2.45. The summed E-state index contributed by atoms with van der Waals surface area (Å²) in [6.45, 7) is 2.32. The van der Waals surface area contributed by atoms with Crippen molar-refractivity contribution in [2.75, 3.05) is 18.9 Å². The number of nitrogens with zero attached hydrogens (tertiary/aromatic N) is 3. The van der Waals surface area contributed by atoms with E-state index in [1.54, 1.807) is 0 Å². The highest BCUT2D eigenvalue weighted by atomic mass is 16.6. The van der Waals surface area contributed by atoms with E-state index in [0.29, 0.717) is 6.61 Å². The smallest absolute Gasteiger partial charge is 0.280 e. The van der Waals surface area contributed by atoms with Crippen LogP contribution >= 0.6 is 0 Å². The minimum atomic E-state index is -1.01. The second-order valence-electron chi connectivity index (χ2n) is 7.47. The standard InChI is InChI=1S/C19H31N5O5/c1-2-3-4-5-6-7-8-9-28-15-14(26)12(10-25)29-18(15)24-11-21-13-16(24)22-19(20)23-17(13)27/h11-12,14-15,18,25-26H,2-10H2,1H3,(H3,20,22,23,27)/t12-,14-,15-,18-/m1/s1. The summed E-state index contributed by atoms with van der Waals surface area (Å²) in [5, 5.41) is 20.1. The highest BCUT2D eigenvalue weighted by Crippen LogP contribution is 2.33. The predicted molar refractivity (Wildman–Crippen MR) is 107 cm³/mol. The van der Waals surface area contributed by atoms with Gasteiger partial charge in [-0.1, -0.05) is 45.4 Å². The Balaban J connectivity index is 1.66. The van der Waals surface area contributed by atoms with Gasteiger partial charge in [0.15, 0.2) is 17.4 Å². The van der Waals surface area contributed by atoms with Crippen molar-refractivity contribution in [2.45, 2.75) is 76.4 Å². The monoisotopic (exact) mass is 409 g/mol. The molecule has 1 aliphatic heterocycles. The molecular formula is C19H31N5O5. The molecule has 0 unspecified atom stereocenters. The Morgan fingerprint density at radius 1 is 1.28 bits per heavy atom. The number of imidazole rings is 1. The van der Waals surface area contributed by atoms with Crippen LogP contribution in [0, 0.1) is 0 Å². The van der Waals surface area contributed by atoms with Crippen LogP contribution in [0.25, 0.3) is 11.2 Å². The maximum absolute atomic E-state index is 12.0. The summed E-state index contributed by atoms with van der Waals surface area (Å²) >= 11 is 0. The molecule has 0 amide bonds. The molecule has 2 aromatic rings. The zero-order chi connectivity index (χ0) is 20.8. The van der Waals surface area contributed by atoms with E-state index in [1.807, 2.05) is 0 Å². The number of unbranched alkanes of at least 4 members (excludes halogenated alkanes) is 6. The van der Waals surface area contributed by atoms with Gasteiger partial charge in [-0.25, -0.2) is 4.98 Å². The summed E-state index contributed by atoms with van der Waals surface area (Å²) in [6, 6.07) is 0. The van der Waals surface area contributed by atoms with Crippen LogP contribution in [0.15, 0.2) is 11.1 Å². The maximum Gasteiger partial charge on any atom is 0.280 e. The van der Waals surface area contributed by atoms with Crippen LogP contribution in [0.3, 0.4) is 0 Å². The van der Waals surface area contributed by atoms with Crippen molar-refractivity contribution in [3.8, 4) is 0 Å². The highest BCUT2D eigenvalue weighted by molar-refractivity contribution is 5.70. The van der Waals surface area contributed by atoms with Gasteiger partial charge in [0, 0.05) is 6.61 Å². The molecule has 1 aliphatic rings. The number of aromatic nitrogens is 4. The van der Waals surface area contributed by atoms with Crippen LogP contribution in [0.4, 0.5) is 5.95 Å². The van der Waals surface area contributed by atoms with Gasteiger partial charge in [0.2, 0.25) is 5.95 Å². The van der Waals surface area contributed by atoms with Gasteiger partial charge in [-0.3, -0.25) is 14.3 Å².